The molecule has 1 unspecified atom stereocenters. The number of carbonyl (C=O) groups excluding carboxylic acids is 2. The predicted molar refractivity (Wildman–Crippen MR) is 71.4 cm³/mol. The number of carbonyl (C=O) groups is 2. The second kappa shape index (κ2) is 5.35. The maximum atomic E-state index is 12.1. The van der Waals surface area contributed by atoms with E-state index in [1.54, 1.807) is 0 Å². The molecule has 1 aliphatic rings. The Hall–Kier alpha value is -2.70. The molecule has 1 aliphatic heterocycles. The summed E-state index contributed by atoms with van der Waals surface area (Å²) in [5.74, 6) is -0.997. The van der Waals surface area contributed by atoms with Crippen LogP contribution in [0.25, 0.3) is 11.3 Å². The average Bonchev–Trinajstić information content (AvgIpc) is 3.13. The van der Waals surface area contributed by atoms with Gasteiger partial charge in [0.1, 0.15) is 5.69 Å². The minimum Gasteiger partial charge on any atom is -0.464 e. The van der Waals surface area contributed by atoms with E-state index in [0.717, 1.165) is 5.56 Å². The van der Waals surface area contributed by atoms with Gasteiger partial charge in [0, 0.05) is 12.0 Å². The first-order valence-electron chi connectivity index (χ1n) is 6.48. The molecule has 0 amide bonds. The zero-order valence-electron chi connectivity index (χ0n) is 11.4. The third-order valence-electron chi connectivity index (χ3n) is 3.32. The van der Waals surface area contributed by atoms with Gasteiger partial charge in [0.15, 0.2) is 11.7 Å². The van der Waals surface area contributed by atoms with Crippen molar-refractivity contribution in [3.05, 3.63) is 36.0 Å². The van der Waals surface area contributed by atoms with E-state index in [-0.39, 0.29) is 5.69 Å². The fourth-order valence-corrected chi connectivity index (χ4v) is 2.30. The van der Waals surface area contributed by atoms with Crippen LogP contribution in [0.15, 0.2) is 30.3 Å². The van der Waals surface area contributed by atoms with Gasteiger partial charge in [-0.3, -0.25) is 0 Å². The molecule has 0 spiro atoms. The molecule has 1 saturated heterocycles. The molecule has 2 heterocycles. The van der Waals surface area contributed by atoms with E-state index < -0.39 is 18.0 Å². The Kier molecular flexibility index (Phi) is 3.39. The Morgan fingerprint density at radius 1 is 1.38 bits per heavy atom. The third kappa shape index (κ3) is 2.26. The van der Waals surface area contributed by atoms with E-state index in [1.165, 1.54) is 11.8 Å². The first-order chi connectivity index (χ1) is 10.2. The van der Waals surface area contributed by atoms with Crippen molar-refractivity contribution in [1.29, 1.82) is 0 Å². The summed E-state index contributed by atoms with van der Waals surface area (Å²) in [7, 11) is 1.28. The summed E-state index contributed by atoms with van der Waals surface area (Å²) < 4.78 is 11.0. The van der Waals surface area contributed by atoms with Gasteiger partial charge < -0.3 is 9.47 Å². The maximum absolute atomic E-state index is 12.1. The number of benzene rings is 1. The molecule has 108 valence electrons. The van der Waals surface area contributed by atoms with Crippen LogP contribution in [0.5, 0.6) is 0 Å². The van der Waals surface area contributed by atoms with Gasteiger partial charge in [0.05, 0.1) is 13.7 Å². The number of hydrogen-bond donors (Lipinski definition) is 0. The molecule has 1 aromatic heterocycles. The highest BCUT2D eigenvalue weighted by atomic mass is 16.5. The lowest BCUT2D eigenvalue weighted by Gasteiger charge is -2.09. The molecule has 0 N–H and O–H groups in total. The van der Waals surface area contributed by atoms with Gasteiger partial charge in [0.25, 0.3) is 0 Å². The first-order valence-corrected chi connectivity index (χ1v) is 6.48. The van der Waals surface area contributed by atoms with Crippen molar-refractivity contribution in [3.63, 3.8) is 0 Å². The van der Waals surface area contributed by atoms with Crippen molar-refractivity contribution >= 4 is 11.9 Å². The summed E-state index contributed by atoms with van der Waals surface area (Å²) in [6.45, 7) is 0.310. The lowest BCUT2D eigenvalue weighted by molar-refractivity contribution is -0.140. The lowest BCUT2D eigenvalue weighted by Crippen LogP contribution is -2.21. The number of cyclic esters (lactones) is 1. The summed E-state index contributed by atoms with van der Waals surface area (Å²) in [4.78, 5) is 23.8. The molecule has 0 saturated carbocycles. The molecule has 7 nitrogen and oxygen atoms in total. The van der Waals surface area contributed by atoms with Gasteiger partial charge in [-0.2, -0.15) is 0 Å². The van der Waals surface area contributed by atoms with Crippen LogP contribution < -0.4 is 0 Å². The molecule has 3 rings (SSSR count). The van der Waals surface area contributed by atoms with Gasteiger partial charge in [0.2, 0.25) is 0 Å². The Morgan fingerprint density at radius 3 is 2.76 bits per heavy atom. The Morgan fingerprint density at radius 2 is 2.14 bits per heavy atom. The van der Waals surface area contributed by atoms with Crippen molar-refractivity contribution in [3.8, 4) is 11.3 Å². The molecular weight excluding hydrogens is 274 g/mol. The van der Waals surface area contributed by atoms with Gasteiger partial charge in [-0.25, -0.2) is 14.3 Å². The van der Waals surface area contributed by atoms with E-state index in [0.29, 0.717) is 18.7 Å². The van der Waals surface area contributed by atoms with E-state index >= 15 is 0 Å². The summed E-state index contributed by atoms with van der Waals surface area (Å²) in [5.41, 5.74) is 1.28. The Balaban J connectivity index is 2.12. The molecule has 2 aromatic rings. The van der Waals surface area contributed by atoms with Crippen molar-refractivity contribution in [2.75, 3.05) is 13.7 Å². The highest BCUT2D eigenvalue weighted by Crippen LogP contribution is 2.27. The fraction of sp³-hybridized carbons (Fsp3) is 0.286. The van der Waals surface area contributed by atoms with Crippen LogP contribution in [0, 0.1) is 0 Å². The first kappa shape index (κ1) is 13.3. The SMILES string of the molecule is COC(=O)c1c(-c2ccccc2)nnn1C1CCOC1=O. The van der Waals surface area contributed by atoms with Gasteiger partial charge in [-0.15, -0.1) is 5.10 Å². The van der Waals surface area contributed by atoms with Crippen LogP contribution in [0.1, 0.15) is 23.0 Å². The number of ether oxygens (including phenoxy) is 2. The second-order valence-corrected chi connectivity index (χ2v) is 4.56. The fourth-order valence-electron chi connectivity index (χ4n) is 2.30. The molecule has 21 heavy (non-hydrogen) atoms. The zero-order chi connectivity index (χ0) is 14.8. The van der Waals surface area contributed by atoms with Crippen LogP contribution in [0.2, 0.25) is 0 Å². The topological polar surface area (TPSA) is 83.3 Å². The quantitative estimate of drug-likeness (QED) is 0.789. The van der Waals surface area contributed by atoms with Crippen molar-refractivity contribution in [2.45, 2.75) is 12.5 Å². The van der Waals surface area contributed by atoms with Crippen LogP contribution in [0.4, 0.5) is 0 Å². The van der Waals surface area contributed by atoms with Gasteiger partial charge in [-0.05, 0) is 0 Å². The molecular formula is C14H13N3O4. The predicted octanol–water partition coefficient (Wildman–Crippen LogP) is 1.22. The van der Waals surface area contributed by atoms with Crippen molar-refractivity contribution < 1.29 is 19.1 Å². The van der Waals surface area contributed by atoms with Crippen molar-refractivity contribution in [1.82, 2.24) is 15.0 Å². The van der Waals surface area contributed by atoms with Crippen LogP contribution >= 0.6 is 0 Å². The summed E-state index contributed by atoms with van der Waals surface area (Å²) in [6.07, 6.45) is 0.459. The van der Waals surface area contributed by atoms with Crippen LogP contribution in [-0.4, -0.2) is 40.6 Å². The number of esters is 2. The number of methoxy groups -OCH3 is 1. The Labute approximate surface area is 120 Å². The van der Waals surface area contributed by atoms with Crippen molar-refractivity contribution in [2.24, 2.45) is 0 Å². The third-order valence-corrected chi connectivity index (χ3v) is 3.32. The second-order valence-electron chi connectivity index (χ2n) is 4.56. The van der Waals surface area contributed by atoms with Crippen LogP contribution in [-0.2, 0) is 14.3 Å². The highest BCUT2D eigenvalue weighted by Gasteiger charge is 2.34. The number of nitrogens with zero attached hydrogens (tertiary/aromatic N) is 3. The molecule has 7 heteroatoms. The largest absolute Gasteiger partial charge is 0.464 e. The maximum Gasteiger partial charge on any atom is 0.358 e. The molecule has 1 fully saturated rings. The normalized spacial score (nSPS) is 17.6. The van der Waals surface area contributed by atoms with E-state index in [4.69, 9.17) is 9.47 Å². The number of aromatic nitrogens is 3. The number of hydrogen-bond acceptors (Lipinski definition) is 6. The standard InChI is InChI=1S/C14H13N3O4/c1-20-14(19)12-11(9-5-3-2-4-6-9)15-16-17(12)10-7-8-21-13(10)18/h2-6,10H,7-8H2,1H3. The zero-order valence-corrected chi connectivity index (χ0v) is 11.4. The van der Waals surface area contributed by atoms with E-state index in [2.05, 4.69) is 10.3 Å². The van der Waals surface area contributed by atoms with Gasteiger partial charge in [-0.1, -0.05) is 35.5 Å². The lowest BCUT2D eigenvalue weighted by atomic mass is 10.1. The molecule has 0 radical (unpaired) electrons. The van der Waals surface area contributed by atoms with E-state index in [1.807, 2.05) is 30.3 Å². The van der Waals surface area contributed by atoms with Crippen LogP contribution in [0.3, 0.4) is 0 Å². The van der Waals surface area contributed by atoms with Gasteiger partial charge >= 0.3 is 11.9 Å². The minimum absolute atomic E-state index is 0.160. The number of rotatable bonds is 3. The average molecular weight is 287 g/mol. The Bertz CT molecular complexity index is 681. The summed E-state index contributed by atoms with van der Waals surface area (Å²) in [5, 5.41) is 8.00. The molecule has 0 bridgehead atoms. The highest BCUT2D eigenvalue weighted by molar-refractivity contribution is 5.95. The smallest absolute Gasteiger partial charge is 0.358 e. The summed E-state index contributed by atoms with van der Waals surface area (Å²) >= 11 is 0. The molecule has 1 aromatic carbocycles. The molecule has 1 atom stereocenters. The summed E-state index contributed by atoms with van der Waals surface area (Å²) in [6, 6.07) is 8.52. The minimum atomic E-state index is -0.635. The molecule has 0 aliphatic carbocycles. The monoisotopic (exact) mass is 287 g/mol. The van der Waals surface area contributed by atoms with E-state index in [9.17, 15) is 9.59 Å².